The highest BCUT2D eigenvalue weighted by Gasteiger charge is 2.47. The van der Waals surface area contributed by atoms with Crippen LogP contribution in [-0.4, -0.2) is 0 Å². The van der Waals surface area contributed by atoms with Crippen LogP contribution in [0.15, 0.2) is 261 Å². The predicted molar refractivity (Wildman–Crippen MR) is 310 cm³/mol. The summed E-state index contributed by atoms with van der Waals surface area (Å²) in [7, 11) is 0. The van der Waals surface area contributed by atoms with Gasteiger partial charge in [-0.05, 0) is 127 Å². The maximum atomic E-state index is 2.64. The first-order valence-corrected chi connectivity index (χ1v) is 26.8. The molecule has 1 fully saturated rings. The molecule has 0 heterocycles. The Balaban J connectivity index is 1.07. The second-order valence-electron chi connectivity index (χ2n) is 20.9. The second kappa shape index (κ2) is 17.9. The molecule has 0 amide bonds. The number of fused-ring (bicyclic) bond motifs is 7. The minimum absolute atomic E-state index is 0.374. The standard InChI is InChI=1S/C73H57N/c1-72(52-30-8-3-9-31-52)62-43-18-14-38-60(62)71-64(72)45-25-49-68(71)74(66-47-20-16-36-56(66)58-41-23-29-51-28-22-40-55(69(51)58)50-26-6-2-7-27-50)67-48-21-17-37-57(67)59-42-24-46-65-70(59)61-39-15-19-44-63(61)73(65,53-32-10-4-11-33-53)54-34-12-5-13-35-54/h3-5,8-25,28-50H,2,6-7,26-27H2,1H3. The Morgan fingerprint density at radius 2 is 0.770 bits per heavy atom. The number of nitrogens with zero attached hydrogens (tertiary/aromatic N) is 1. The van der Waals surface area contributed by atoms with E-state index < -0.39 is 5.41 Å². The van der Waals surface area contributed by atoms with Crippen molar-refractivity contribution in [2.24, 2.45) is 0 Å². The first-order chi connectivity index (χ1) is 36.7. The summed E-state index contributed by atoms with van der Waals surface area (Å²) < 4.78 is 0. The molecule has 3 aliphatic carbocycles. The molecule has 0 bridgehead atoms. The third-order valence-corrected chi connectivity index (χ3v) is 17.2. The van der Waals surface area contributed by atoms with E-state index in [2.05, 4.69) is 273 Å². The van der Waals surface area contributed by atoms with Crippen LogP contribution >= 0.6 is 0 Å². The number of para-hydroxylation sites is 2. The lowest BCUT2D eigenvalue weighted by molar-refractivity contribution is 0.445. The van der Waals surface area contributed by atoms with Crippen LogP contribution in [0.5, 0.6) is 0 Å². The Morgan fingerprint density at radius 1 is 0.324 bits per heavy atom. The molecule has 11 aromatic rings. The lowest BCUT2D eigenvalue weighted by Gasteiger charge is -2.34. The molecule has 1 nitrogen and oxygen atoms in total. The third-order valence-electron chi connectivity index (χ3n) is 17.2. The molecule has 1 heteroatoms. The Labute approximate surface area is 436 Å². The average molecular weight is 948 g/mol. The summed E-state index contributed by atoms with van der Waals surface area (Å²) in [4.78, 5) is 2.64. The first kappa shape index (κ1) is 44.2. The molecule has 14 rings (SSSR count). The molecular weight excluding hydrogens is 891 g/mol. The van der Waals surface area contributed by atoms with Crippen LogP contribution in [0.3, 0.4) is 0 Å². The van der Waals surface area contributed by atoms with E-state index in [0.717, 1.165) is 17.1 Å². The zero-order chi connectivity index (χ0) is 49.2. The molecule has 1 saturated carbocycles. The van der Waals surface area contributed by atoms with E-state index in [0.29, 0.717) is 5.92 Å². The van der Waals surface area contributed by atoms with Gasteiger partial charge in [0.05, 0.1) is 22.5 Å². The molecule has 3 aliphatic rings. The predicted octanol–water partition coefficient (Wildman–Crippen LogP) is 19.4. The van der Waals surface area contributed by atoms with Gasteiger partial charge >= 0.3 is 0 Å². The van der Waals surface area contributed by atoms with Gasteiger partial charge in [-0.25, -0.2) is 0 Å². The van der Waals surface area contributed by atoms with Crippen LogP contribution < -0.4 is 4.90 Å². The van der Waals surface area contributed by atoms with Crippen LogP contribution in [-0.2, 0) is 10.8 Å². The number of hydrogen-bond donors (Lipinski definition) is 0. The average Bonchev–Trinajstić information content (AvgIpc) is 4.04. The van der Waals surface area contributed by atoms with E-state index >= 15 is 0 Å². The minimum Gasteiger partial charge on any atom is -0.309 e. The van der Waals surface area contributed by atoms with Gasteiger partial charge in [-0.3, -0.25) is 0 Å². The molecule has 0 aromatic heterocycles. The van der Waals surface area contributed by atoms with Crippen molar-refractivity contribution in [2.45, 2.75) is 55.8 Å². The highest BCUT2D eigenvalue weighted by Crippen LogP contribution is 2.61. The van der Waals surface area contributed by atoms with Crippen molar-refractivity contribution < 1.29 is 0 Å². The summed E-state index contributed by atoms with van der Waals surface area (Å²) in [5.41, 5.74) is 23.1. The van der Waals surface area contributed by atoms with Crippen LogP contribution in [0.1, 0.15) is 89.5 Å². The molecule has 354 valence electrons. The highest BCUT2D eigenvalue weighted by molar-refractivity contribution is 6.07. The monoisotopic (exact) mass is 947 g/mol. The smallest absolute Gasteiger partial charge is 0.0713 e. The van der Waals surface area contributed by atoms with Gasteiger partial charge in [0, 0.05) is 22.1 Å². The number of benzene rings is 11. The third kappa shape index (κ3) is 6.62. The highest BCUT2D eigenvalue weighted by atomic mass is 15.2. The summed E-state index contributed by atoms with van der Waals surface area (Å²) in [6, 6.07) is 98.5. The molecule has 1 unspecified atom stereocenters. The molecule has 0 saturated heterocycles. The van der Waals surface area contributed by atoms with Gasteiger partial charge in [-0.15, -0.1) is 0 Å². The maximum Gasteiger partial charge on any atom is 0.0713 e. The largest absolute Gasteiger partial charge is 0.309 e. The number of anilines is 3. The molecule has 0 aliphatic heterocycles. The topological polar surface area (TPSA) is 3.24 Å². The lowest BCUT2D eigenvalue weighted by Crippen LogP contribution is -2.28. The molecule has 1 atom stereocenters. The lowest BCUT2D eigenvalue weighted by atomic mass is 9.67. The van der Waals surface area contributed by atoms with Gasteiger partial charge in [0.2, 0.25) is 0 Å². The van der Waals surface area contributed by atoms with Crippen LogP contribution in [0.4, 0.5) is 17.1 Å². The van der Waals surface area contributed by atoms with Crippen molar-refractivity contribution in [3.8, 4) is 44.5 Å². The van der Waals surface area contributed by atoms with Crippen molar-refractivity contribution in [3.05, 3.63) is 305 Å². The van der Waals surface area contributed by atoms with E-state index in [1.54, 1.807) is 0 Å². The van der Waals surface area contributed by atoms with Gasteiger partial charge in [-0.2, -0.15) is 0 Å². The van der Waals surface area contributed by atoms with Gasteiger partial charge in [0.25, 0.3) is 0 Å². The summed E-state index contributed by atoms with van der Waals surface area (Å²) in [5, 5.41) is 2.69. The van der Waals surface area contributed by atoms with E-state index in [1.807, 2.05) is 0 Å². The molecule has 74 heavy (non-hydrogen) atoms. The molecule has 0 spiro atoms. The Bertz CT molecular complexity index is 3860. The molecule has 0 radical (unpaired) electrons. The number of rotatable bonds is 9. The van der Waals surface area contributed by atoms with E-state index in [-0.39, 0.29) is 5.41 Å². The Kier molecular flexibility index (Phi) is 10.7. The molecule has 11 aromatic carbocycles. The minimum atomic E-state index is -0.526. The first-order valence-electron chi connectivity index (χ1n) is 26.8. The zero-order valence-electron chi connectivity index (χ0n) is 41.9. The molecular formula is C73H57N. The Hall–Kier alpha value is -8.52. The van der Waals surface area contributed by atoms with Crippen LogP contribution in [0, 0.1) is 0 Å². The fraction of sp³-hybridized carbons (Fsp3) is 0.123. The van der Waals surface area contributed by atoms with Gasteiger partial charge in [0.15, 0.2) is 0 Å². The van der Waals surface area contributed by atoms with Crippen molar-refractivity contribution in [1.82, 2.24) is 0 Å². The number of hydrogen-bond acceptors (Lipinski definition) is 1. The van der Waals surface area contributed by atoms with Crippen molar-refractivity contribution in [1.29, 1.82) is 0 Å². The quantitative estimate of drug-likeness (QED) is 0.139. The van der Waals surface area contributed by atoms with Crippen molar-refractivity contribution in [3.63, 3.8) is 0 Å². The molecule has 0 N–H and O–H groups in total. The van der Waals surface area contributed by atoms with Gasteiger partial charge in [-0.1, -0.05) is 262 Å². The summed E-state index contributed by atoms with van der Waals surface area (Å²) in [6.45, 7) is 2.43. The summed E-state index contributed by atoms with van der Waals surface area (Å²) >= 11 is 0. The second-order valence-corrected chi connectivity index (χ2v) is 20.9. The van der Waals surface area contributed by atoms with E-state index in [1.165, 1.54) is 132 Å². The summed E-state index contributed by atoms with van der Waals surface area (Å²) in [6.07, 6.45) is 6.39. The SMILES string of the molecule is CC1(c2ccccc2)c2ccccc2-c2c(N(c3ccccc3-c3cccc4c3-c3ccccc3C4(c3ccccc3)c3ccccc3)c3ccccc3-c3cccc4cccc(C5CCCCC5)c34)cccc21. The van der Waals surface area contributed by atoms with E-state index in [4.69, 9.17) is 0 Å². The van der Waals surface area contributed by atoms with Gasteiger partial charge < -0.3 is 4.90 Å². The maximum absolute atomic E-state index is 2.64. The normalized spacial score (nSPS) is 16.3. The van der Waals surface area contributed by atoms with Crippen LogP contribution in [0.25, 0.3) is 55.3 Å². The summed E-state index contributed by atoms with van der Waals surface area (Å²) in [5.74, 6) is 0.545. The van der Waals surface area contributed by atoms with Crippen molar-refractivity contribution >= 4 is 27.8 Å². The Morgan fingerprint density at radius 3 is 1.43 bits per heavy atom. The fourth-order valence-electron chi connectivity index (χ4n) is 14.0. The fourth-order valence-corrected chi connectivity index (χ4v) is 14.0. The zero-order valence-corrected chi connectivity index (χ0v) is 41.9. The van der Waals surface area contributed by atoms with E-state index in [9.17, 15) is 0 Å². The van der Waals surface area contributed by atoms with Crippen molar-refractivity contribution in [2.75, 3.05) is 4.90 Å². The van der Waals surface area contributed by atoms with Gasteiger partial charge in [0.1, 0.15) is 0 Å². The van der Waals surface area contributed by atoms with Crippen LogP contribution in [0.2, 0.25) is 0 Å².